The Kier molecular flexibility index (Phi) is 6.21. The Morgan fingerprint density at radius 2 is 1.75 bits per heavy atom. The van der Waals surface area contributed by atoms with E-state index < -0.39 is 0 Å². The average Bonchev–Trinajstić information content (AvgIpc) is 2.53. The molecule has 2 aromatic rings. The number of carbonyl (C=O) groups is 2. The number of rotatable bonds is 6. The lowest BCUT2D eigenvalue weighted by Crippen LogP contribution is -2.30. The fourth-order valence-electron chi connectivity index (χ4n) is 2.04. The van der Waals surface area contributed by atoms with Crippen molar-refractivity contribution in [2.24, 2.45) is 0 Å². The smallest absolute Gasteiger partial charge is 0.251 e. The second-order valence-electron chi connectivity index (χ2n) is 5.62. The molecule has 0 heterocycles. The summed E-state index contributed by atoms with van der Waals surface area (Å²) in [4.78, 5) is 23.8. The first-order chi connectivity index (χ1) is 11.4. The third-order valence-corrected chi connectivity index (χ3v) is 3.36. The molecule has 0 aliphatic heterocycles. The number of nitrogens with one attached hydrogen (secondary N) is 3. The average molecular weight is 346 g/mol. The minimum Gasteiger partial charge on any atom is -0.376 e. The first-order valence-corrected chi connectivity index (χ1v) is 8.02. The minimum atomic E-state index is -0.186. The summed E-state index contributed by atoms with van der Waals surface area (Å²) in [7, 11) is 0. The lowest BCUT2D eigenvalue weighted by molar-refractivity contribution is -0.114. The number of hydrogen-bond acceptors (Lipinski definition) is 3. The first-order valence-electron chi connectivity index (χ1n) is 7.64. The van der Waals surface area contributed by atoms with E-state index in [-0.39, 0.29) is 24.4 Å². The molecule has 5 nitrogen and oxygen atoms in total. The van der Waals surface area contributed by atoms with Crippen LogP contribution in [-0.2, 0) is 4.79 Å². The zero-order valence-corrected chi connectivity index (χ0v) is 14.4. The van der Waals surface area contributed by atoms with Gasteiger partial charge in [-0.1, -0.05) is 17.7 Å². The largest absolute Gasteiger partial charge is 0.376 e. The molecule has 0 atom stereocenters. The van der Waals surface area contributed by atoms with Crippen LogP contribution < -0.4 is 16.0 Å². The maximum atomic E-state index is 11.9. The van der Waals surface area contributed by atoms with E-state index in [2.05, 4.69) is 16.0 Å². The van der Waals surface area contributed by atoms with Crippen molar-refractivity contribution in [2.45, 2.75) is 19.9 Å². The highest BCUT2D eigenvalue weighted by Crippen LogP contribution is 2.15. The molecule has 3 N–H and O–H groups in total. The number of anilines is 2. The van der Waals surface area contributed by atoms with Crippen molar-refractivity contribution in [1.29, 1.82) is 0 Å². The second-order valence-corrected chi connectivity index (χ2v) is 6.05. The molecule has 0 saturated heterocycles. The standard InChI is InChI=1S/C18H20ClN3O2/c1-12(2)21-18(24)13-6-8-15(9-7-13)22-17(23)11-20-16-5-3-4-14(19)10-16/h3-10,12,20H,11H2,1-2H3,(H,21,24)(H,22,23). The highest BCUT2D eigenvalue weighted by atomic mass is 35.5. The summed E-state index contributed by atoms with van der Waals surface area (Å²) in [6.45, 7) is 3.93. The van der Waals surface area contributed by atoms with Crippen molar-refractivity contribution >= 4 is 34.8 Å². The van der Waals surface area contributed by atoms with Crippen LogP contribution in [0.2, 0.25) is 5.02 Å². The van der Waals surface area contributed by atoms with E-state index in [1.165, 1.54) is 0 Å². The van der Waals surface area contributed by atoms with E-state index in [4.69, 9.17) is 11.6 Å². The summed E-state index contributed by atoms with van der Waals surface area (Å²) in [5.74, 6) is -0.320. The molecule has 0 aliphatic carbocycles. The highest BCUT2D eigenvalue weighted by Gasteiger charge is 2.07. The van der Waals surface area contributed by atoms with Gasteiger partial charge in [-0.15, -0.1) is 0 Å². The third kappa shape index (κ3) is 5.59. The summed E-state index contributed by atoms with van der Waals surface area (Å²) < 4.78 is 0. The van der Waals surface area contributed by atoms with Crippen molar-refractivity contribution in [3.05, 3.63) is 59.1 Å². The second kappa shape index (κ2) is 8.36. The molecule has 2 rings (SSSR count). The van der Waals surface area contributed by atoms with E-state index in [9.17, 15) is 9.59 Å². The van der Waals surface area contributed by atoms with Crippen LogP contribution in [0, 0.1) is 0 Å². The fourth-order valence-corrected chi connectivity index (χ4v) is 2.23. The number of hydrogen-bond donors (Lipinski definition) is 3. The van der Waals surface area contributed by atoms with Crippen LogP contribution in [0.3, 0.4) is 0 Å². The third-order valence-electron chi connectivity index (χ3n) is 3.13. The first kappa shape index (κ1) is 17.8. The van der Waals surface area contributed by atoms with Crippen LogP contribution in [0.1, 0.15) is 24.2 Å². The van der Waals surface area contributed by atoms with Gasteiger partial charge >= 0.3 is 0 Å². The van der Waals surface area contributed by atoms with Crippen LogP contribution in [0.15, 0.2) is 48.5 Å². The van der Waals surface area contributed by atoms with Gasteiger partial charge in [0.05, 0.1) is 6.54 Å². The van der Waals surface area contributed by atoms with Gasteiger partial charge in [-0.2, -0.15) is 0 Å². The van der Waals surface area contributed by atoms with Gasteiger partial charge in [-0.05, 0) is 56.3 Å². The Balaban J connectivity index is 1.86. The van der Waals surface area contributed by atoms with Crippen molar-refractivity contribution in [3.8, 4) is 0 Å². The Bertz CT molecular complexity index is 714. The van der Waals surface area contributed by atoms with Crippen molar-refractivity contribution in [2.75, 3.05) is 17.2 Å². The number of carbonyl (C=O) groups excluding carboxylic acids is 2. The summed E-state index contributed by atoms with van der Waals surface area (Å²) in [5.41, 5.74) is 1.96. The van der Waals surface area contributed by atoms with Gasteiger partial charge in [0.25, 0.3) is 5.91 Å². The van der Waals surface area contributed by atoms with Crippen LogP contribution in [0.25, 0.3) is 0 Å². The molecule has 2 amide bonds. The zero-order chi connectivity index (χ0) is 17.5. The van der Waals surface area contributed by atoms with E-state index >= 15 is 0 Å². The molecule has 6 heteroatoms. The fraction of sp³-hybridized carbons (Fsp3) is 0.222. The Morgan fingerprint density at radius 1 is 1.04 bits per heavy atom. The number of amides is 2. The van der Waals surface area contributed by atoms with Crippen LogP contribution in [0.4, 0.5) is 11.4 Å². The molecular formula is C18H20ClN3O2. The lowest BCUT2D eigenvalue weighted by Gasteiger charge is -2.10. The van der Waals surface area contributed by atoms with Crippen molar-refractivity contribution in [3.63, 3.8) is 0 Å². The summed E-state index contributed by atoms with van der Waals surface area (Å²) >= 11 is 5.89. The van der Waals surface area contributed by atoms with Gasteiger partial charge in [0, 0.05) is 28.0 Å². The molecule has 0 radical (unpaired) electrons. The molecule has 2 aromatic carbocycles. The Labute approximate surface area is 146 Å². The predicted octanol–water partition coefficient (Wildman–Crippen LogP) is 3.53. The monoisotopic (exact) mass is 345 g/mol. The normalized spacial score (nSPS) is 10.3. The van der Waals surface area contributed by atoms with Crippen LogP contribution >= 0.6 is 11.6 Å². The highest BCUT2D eigenvalue weighted by molar-refractivity contribution is 6.30. The lowest BCUT2D eigenvalue weighted by atomic mass is 10.2. The van der Waals surface area contributed by atoms with Crippen molar-refractivity contribution < 1.29 is 9.59 Å². The molecule has 0 unspecified atom stereocenters. The molecule has 0 fully saturated rings. The van der Waals surface area contributed by atoms with Gasteiger partial charge in [0.15, 0.2) is 0 Å². The molecule has 0 aromatic heterocycles. The Morgan fingerprint density at radius 3 is 2.38 bits per heavy atom. The maximum absolute atomic E-state index is 11.9. The van der Waals surface area contributed by atoms with Gasteiger partial charge in [0.2, 0.25) is 5.91 Å². The topological polar surface area (TPSA) is 70.2 Å². The quantitative estimate of drug-likeness (QED) is 0.750. The van der Waals surface area contributed by atoms with E-state index in [0.29, 0.717) is 16.3 Å². The molecule has 24 heavy (non-hydrogen) atoms. The maximum Gasteiger partial charge on any atom is 0.251 e. The van der Waals surface area contributed by atoms with Gasteiger partial charge in [-0.25, -0.2) is 0 Å². The van der Waals surface area contributed by atoms with Gasteiger partial charge < -0.3 is 16.0 Å². The molecule has 0 spiro atoms. The predicted molar refractivity (Wildman–Crippen MR) is 97.6 cm³/mol. The van der Waals surface area contributed by atoms with Crippen LogP contribution in [-0.4, -0.2) is 24.4 Å². The van der Waals surface area contributed by atoms with Crippen molar-refractivity contribution in [1.82, 2.24) is 5.32 Å². The minimum absolute atomic E-state index is 0.0782. The number of halogens is 1. The van der Waals surface area contributed by atoms with Crippen LogP contribution in [0.5, 0.6) is 0 Å². The molecular weight excluding hydrogens is 326 g/mol. The molecule has 126 valence electrons. The van der Waals surface area contributed by atoms with Gasteiger partial charge in [-0.3, -0.25) is 9.59 Å². The zero-order valence-electron chi connectivity index (χ0n) is 13.6. The molecule has 0 aliphatic rings. The van der Waals surface area contributed by atoms with E-state index in [1.807, 2.05) is 26.0 Å². The SMILES string of the molecule is CC(C)NC(=O)c1ccc(NC(=O)CNc2cccc(Cl)c2)cc1. The summed E-state index contributed by atoms with van der Waals surface area (Å²) in [6, 6.07) is 14.0. The van der Waals surface area contributed by atoms with E-state index in [0.717, 1.165) is 5.69 Å². The van der Waals surface area contributed by atoms with Gasteiger partial charge in [0.1, 0.15) is 0 Å². The Hall–Kier alpha value is -2.53. The number of benzene rings is 2. The molecule has 0 bridgehead atoms. The van der Waals surface area contributed by atoms with E-state index in [1.54, 1.807) is 36.4 Å². The summed E-state index contributed by atoms with van der Waals surface area (Å²) in [6.07, 6.45) is 0. The molecule has 0 saturated carbocycles. The summed E-state index contributed by atoms with van der Waals surface area (Å²) in [5, 5.41) is 9.19.